The lowest BCUT2D eigenvalue weighted by molar-refractivity contribution is -0.141. The van der Waals surface area contributed by atoms with Crippen LogP contribution < -0.4 is 16.0 Å². The van der Waals surface area contributed by atoms with Gasteiger partial charge in [0.25, 0.3) is 0 Å². The first-order chi connectivity index (χ1) is 9.83. The molecule has 0 aliphatic heterocycles. The molecule has 0 saturated heterocycles. The fraction of sp³-hybridized carbons (Fsp3) is 0.538. The second-order valence-electron chi connectivity index (χ2n) is 4.48. The minimum absolute atomic E-state index is 0.0500. The van der Waals surface area contributed by atoms with Gasteiger partial charge < -0.3 is 16.0 Å². The molecule has 0 spiro atoms. The monoisotopic (exact) mass is 304 g/mol. The largest absolute Gasteiger partial charge is 0.433 e. The van der Waals surface area contributed by atoms with Gasteiger partial charge in [-0.1, -0.05) is 13.0 Å². The highest BCUT2D eigenvalue weighted by molar-refractivity contribution is 5.81. The van der Waals surface area contributed by atoms with E-state index in [0.29, 0.717) is 18.5 Å². The summed E-state index contributed by atoms with van der Waals surface area (Å²) in [6.45, 7) is 2.27. The van der Waals surface area contributed by atoms with E-state index in [-0.39, 0.29) is 24.8 Å². The van der Waals surface area contributed by atoms with Gasteiger partial charge in [0.05, 0.1) is 6.54 Å². The van der Waals surface area contributed by atoms with Crippen molar-refractivity contribution in [1.82, 2.24) is 10.3 Å². The molecule has 1 amide bonds. The molecule has 1 rings (SSSR count). The molecule has 0 atom stereocenters. The van der Waals surface area contributed by atoms with Gasteiger partial charge in [0.1, 0.15) is 11.5 Å². The van der Waals surface area contributed by atoms with Crippen molar-refractivity contribution < 1.29 is 18.0 Å². The summed E-state index contributed by atoms with van der Waals surface area (Å²) in [5.41, 5.74) is 5.04. The number of likely N-dealkylation sites (N-methyl/N-ethyl adjacent to an activating group) is 1. The summed E-state index contributed by atoms with van der Waals surface area (Å²) in [6, 6.07) is 2.20. The van der Waals surface area contributed by atoms with Gasteiger partial charge in [0, 0.05) is 25.7 Å². The average molecular weight is 304 g/mol. The fourth-order valence-corrected chi connectivity index (χ4v) is 1.85. The number of nitrogens with two attached hydrogens (primary N) is 1. The number of carbonyl (C=O) groups is 1. The third kappa shape index (κ3) is 4.59. The molecule has 8 heteroatoms. The molecule has 0 radical (unpaired) electrons. The lowest BCUT2D eigenvalue weighted by Gasteiger charge is -2.25. The molecule has 0 aliphatic rings. The average Bonchev–Trinajstić information content (AvgIpc) is 2.44. The molecule has 1 aromatic rings. The van der Waals surface area contributed by atoms with Crippen LogP contribution in [0.1, 0.15) is 24.6 Å². The predicted octanol–water partition coefficient (Wildman–Crippen LogP) is 1.52. The standard InChI is InChI=1S/C13H19F3N4O/c1-3-6-20(8-11(21)18-2)12-9(7-17)4-5-10(19-12)13(14,15)16/h4-5H,3,6-8,17H2,1-2H3,(H,18,21). The van der Waals surface area contributed by atoms with Crippen LogP contribution in [0.2, 0.25) is 0 Å². The van der Waals surface area contributed by atoms with Crippen LogP contribution in [0.25, 0.3) is 0 Å². The normalized spacial score (nSPS) is 11.3. The van der Waals surface area contributed by atoms with Crippen molar-refractivity contribution in [1.29, 1.82) is 0 Å². The van der Waals surface area contributed by atoms with E-state index in [1.807, 2.05) is 6.92 Å². The molecular formula is C13H19F3N4O. The van der Waals surface area contributed by atoms with Crippen molar-refractivity contribution in [3.05, 3.63) is 23.4 Å². The van der Waals surface area contributed by atoms with Crippen LogP contribution in [-0.2, 0) is 17.5 Å². The van der Waals surface area contributed by atoms with Gasteiger partial charge in [-0.05, 0) is 12.5 Å². The van der Waals surface area contributed by atoms with Crippen LogP contribution in [0.4, 0.5) is 19.0 Å². The summed E-state index contributed by atoms with van der Waals surface area (Å²) in [5.74, 6) is -0.191. The van der Waals surface area contributed by atoms with Crippen LogP contribution in [0, 0.1) is 0 Å². The van der Waals surface area contributed by atoms with E-state index in [0.717, 1.165) is 6.07 Å². The van der Waals surface area contributed by atoms with E-state index >= 15 is 0 Å². The van der Waals surface area contributed by atoms with Crippen LogP contribution in [0.3, 0.4) is 0 Å². The van der Waals surface area contributed by atoms with Crippen LogP contribution in [-0.4, -0.2) is 31.0 Å². The molecule has 118 valence electrons. The number of nitrogens with one attached hydrogen (secondary N) is 1. The Morgan fingerprint density at radius 1 is 1.43 bits per heavy atom. The third-order valence-corrected chi connectivity index (χ3v) is 2.87. The Kier molecular flexibility index (Phi) is 5.95. The van der Waals surface area contributed by atoms with E-state index in [1.54, 1.807) is 0 Å². The van der Waals surface area contributed by atoms with E-state index < -0.39 is 11.9 Å². The number of hydrogen-bond acceptors (Lipinski definition) is 4. The first-order valence-electron chi connectivity index (χ1n) is 6.56. The summed E-state index contributed by atoms with van der Waals surface area (Å²) >= 11 is 0. The number of anilines is 1. The summed E-state index contributed by atoms with van der Waals surface area (Å²) in [7, 11) is 1.47. The molecule has 0 bridgehead atoms. The van der Waals surface area contributed by atoms with Gasteiger partial charge >= 0.3 is 6.18 Å². The summed E-state index contributed by atoms with van der Waals surface area (Å²) < 4.78 is 38.4. The molecule has 1 aromatic heterocycles. The van der Waals surface area contributed by atoms with E-state index in [9.17, 15) is 18.0 Å². The molecule has 0 aromatic carbocycles. The van der Waals surface area contributed by atoms with Crippen LogP contribution in [0.5, 0.6) is 0 Å². The Balaban J connectivity index is 3.23. The van der Waals surface area contributed by atoms with Crippen molar-refractivity contribution in [2.45, 2.75) is 26.1 Å². The van der Waals surface area contributed by atoms with Crippen molar-refractivity contribution in [3.8, 4) is 0 Å². The Hall–Kier alpha value is -1.83. The van der Waals surface area contributed by atoms with Gasteiger partial charge in [-0.25, -0.2) is 4.98 Å². The zero-order valence-electron chi connectivity index (χ0n) is 12.0. The van der Waals surface area contributed by atoms with Gasteiger partial charge in [-0.2, -0.15) is 13.2 Å². The highest BCUT2D eigenvalue weighted by atomic mass is 19.4. The molecule has 3 N–H and O–H groups in total. The second-order valence-corrected chi connectivity index (χ2v) is 4.48. The first kappa shape index (κ1) is 17.2. The lowest BCUT2D eigenvalue weighted by Crippen LogP contribution is -2.37. The molecule has 5 nitrogen and oxygen atoms in total. The first-order valence-corrected chi connectivity index (χ1v) is 6.56. The maximum absolute atomic E-state index is 12.8. The highest BCUT2D eigenvalue weighted by Gasteiger charge is 2.33. The number of nitrogens with zero attached hydrogens (tertiary/aromatic N) is 2. The Morgan fingerprint density at radius 2 is 2.10 bits per heavy atom. The molecular weight excluding hydrogens is 285 g/mol. The number of halogens is 3. The number of aromatic nitrogens is 1. The van der Waals surface area contributed by atoms with Gasteiger partial charge in [0.2, 0.25) is 5.91 Å². The predicted molar refractivity (Wildman–Crippen MR) is 73.7 cm³/mol. The Bertz CT molecular complexity index is 491. The van der Waals surface area contributed by atoms with Gasteiger partial charge in [-0.15, -0.1) is 0 Å². The van der Waals surface area contributed by atoms with E-state index in [2.05, 4.69) is 10.3 Å². The number of alkyl halides is 3. The number of pyridine rings is 1. The molecule has 0 unspecified atom stereocenters. The topological polar surface area (TPSA) is 71.2 Å². The molecule has 21 heavy (non-hydrogen) atoms. The van der Waals surface area contributed by atoms with Crippen molar-refractivity contribution in [2.75, 3.05) is 25.0 Å². The zero-order chi connectivity index (χ0) is 16.0. The smallest absolute Gasteiger partial charge is 0.358 e. The fourth-order valence-electron chi connectivity index (χ4n) is 1.85. The maximum Gasteiger partial charge on any atom is 0.433 e. The number of carbonyl (C=O) groups excluding carboxylic acids is 1. The molecule has 0 fully saturated rings. The number of rotatable bonds is 6. The maximum atomic E-state index is 12.8. The Morgan fingerprint density at radius 3 is 2.57 bits per heavy atom. The van der Waals surface area contributed by atoms with Gasteiger partial charge in [-0.3, -0.25) is 4.79 Å². The third-order valence-electron chi connectivity index (χ3n) is 2.87. The summed E-state index contributed by atoms with van der Waals surface area (Å²) in [5, 5.41) is 2.44. The minimum atomic E-state index is -4.53. The lowest BCUT2D eigenvalue weighted by atomic mass is 10.2. The highest BCUT2D eigenvalue weighted by Crippen LogP contribution is 2.30. The van der Waals surface area contributed by atoms with Crippen molar-refractivity contribution in [2.24, 2.45) is 5.73 Å². The van der Waals surface area contributed by atoms with E-state index in [1.165, 1.54) is 18.0 Å². The Labute approximate surface area is 121 Å². The summed E-state index contributed by atoms with van der Waals surface area (Å²) in [6.07, 6.45) is -3.87. The molecule has 0 aliphatic carbocycles. The quantitative estimate of drug-likeness (QED) is 0.836. The van der Waals surface area contributed by atoms with Crippen molar-refractivity contribution >= 4 is 11.7 Å². The second kappa shape index (κ2) is 7.26. The zero-order valence-corrected chi connectivity index (χ0v) is 12.0. The summed E-state index contributed by atoms with van der Waals surface area (Å²) in [4.78, 5) is 16.7. The van der Waals surface area contributed by atoms with Crippen LogP contribution in [0.15, 0.2) is 12.1 Å². The van der Waals surface area contributed by atoms with E-state index in [4.69, 9.17) is 5.73 Å². The number of amides is 1. The molecule has 0 saturated carbocycles. The minimum Gasteiger partial charge on any atom is -0.358 e. The SMILES string of the molecule is CCCN(CC(=O)NC)c1nc(C(F)(F)F)ccc1CN. The number of hydrogen-bond donors (Lipinski definition) is 2. The van der Waals surface area contributed by atoms with Crippen LogP contribution >= 0.6 is 0 Å². The van der Waals surface area contributed by atoms with Crippen molar-refractivity contribution in [3.63, 3.8) is 0 Å². The molecule has 1 heterocycles. The van der Waals surface area contributed by atoms with Gasteiger partial charge in [0.15, 0.2) is 0 Å².